The number of aliphatic hydroxyl groups excluding tert-OH is 1. The zero-order valence-corrected chi connectivity index (χ0v) is 19.1. The number of rotatable bonds is 4. The highest BCUT2D eigenvalue weighted by Crippen LogP contribution is 2.45. The molecule has 0 saturated carbocycles. The van der Waals surface area contributed by atoms with Crippen molar-refractivity contribution in [2.75, 3.05) is 24.5 Å². The Morgan fingerprint density at radius 3 is 2.59 bits per heavy atom. The summed E-state index contributed by atoms with van der Waals surface area (Å²) in [6.45, 7) is 1.23. The third kappa shape index (κ3) is 3.82. The molecule has 168 valence electrons. The summed E-state index contributed by atoms with van der Waals surface area (Å²) in [7, 11) is 0. The third-order valence-corrected chi connectivity index (χ3v) is 7.07. The first-order valence-corrected chi connectivity index (χ1v) is 11.4. The third-order valence-electron chi connectivity index (χ3n) is 6.20. The van der Waals surface area contributed by atoms with Crippen molar-refractivity contribution >= 4 is 52.4 Å². The Labute approximate surface area is 199 Å². The number of β-amino-alcohol motifs (C(OH)–C–C–N with tert-alkyl or cyclic N) is 1. The van der Waals surface area contributed by atoms with Gasteiger partial charge in [-0.25, -0.2) is 9.69 Å². The van der Waals surface area contributed by atoms with Gasteiger partial charge in [-0.1, -0.05) is 34.8 Å². The van der Waals surface area contributed by atoms with Crippen LogP contribution >= 0.6 is 34.8 Å². The molecule has 0 bridgehead atoms. The summed E-state index contributed by atoms with van der Waals surface area (Å²) in [5, 5.41) is 14.0. The first-order valence-electron chi connectivity index (χ1n) is 10.3. The maximum Gasteiger partial charge on any atom is 0.329 e. The van der Waals surface area contributed by atoms with Gasteiger partial charge in [0.2, 0.25) is 0 Å². The summed E-state index contributed by atoms with van der Waals surface area (Å²) >= 11 is 19.2. The predicted molar refractivity (Wildman–Crippen MR) is 122 cm³/mol. The van der Waals surface area contributed by atoms with E-state index >= 15 is 0 Å². The molecule has 5 rings (SSSR count). The fraction of sp³-hybridized carbons (Fsp3) is 0.364. The molecule has 2 fully saturated rings. The van der Waals surface area contributed by atoms with Crippen molar-refractivity contribution in [3.8, 4) is 5.75 Å². The van der Waals surface area contributed by atoms with E-state index in [9.17, 15) is 14.7 Å². The molecule has 32 heavy (non-hydrogen) atoms. The summed E-state index contributed by atoms with van der Waals surface area (Å²) in [5.74, 6) is -0.00709. The number of hydrogen-bond acceptors (Lipinski definition) is 5. The maximum absolute atomic E-state index is 12.1. The van der Waals surface area contributed by atoms with Gasteiger partial charge in [0.25, 0.3) is 5.91 Å². The van der Waals surface area contributed by atoms with Crippen LogP contribution in [0.2, 0.25) is 15.1 Å². The molecule has 7 nitrogen and oxygen atoms in total. The average molecular weight is 497 g/mol. The smallest absolute Gasteiger partial charge is 0.329 e. The maximum atomic E-state index is 12.1. The number of halogens is 3. The molecule has 3 amide bonds. The quantitative estimate of drug-likeness (QED) is 0.629. The summed E-state index contributed by atoms with van der Waals surface area (Å²) < 4.78 is 6.43. The largest absolute Gasteiger partial charge is 0.482 e. The molecule has 2 saturated heterocycles. The van der Waals surface area contributed by atoms with Crippen molar-refractivity contribution in [3.63, 3.8) is 0 Å². The highest BCUT2D eigenvalue weighted by molar-refractivity contribution is 6.35. The molecule has 0 spiro atoms. The van der Waals surface area contributed by atoms with E-state index < -0.39 is 12.1 Å². The van der Waals surface area contributed by atoms with Gasteiger partial charge in [0.1, 0.15) is 11.9 Å². The van der Waals surface area contributed by atoms with Crippen LogP contribution < -0.4 is 15.0 Å². The van der Waals surface area contributed by atoms with Crippen molar-refractivity contribution < 1.29 is 19.4 Å². The second-order valence-electron chi connectivity index (χ2n) is 8.21. The molecule has 10 heteroatoms. The lowest BCUT2D eigenvalue weighted by atomic mass is 10.1. The van der Waals surface area contributed by atoms with Gasteiger partial charge < -0.3 is 15.2 Å². The molecule has 0 radical (unpaired) electrons. The molecular weight excluding hydrogens is 477 g/mol. The summed E-state index contributed by atoms with van der Waals surface area (Å²) in [6.07, 6.45) is 0.510. The Morgan fingerprint density at radius 2 is 1.91 bits per heavy atom. The predicted octanol–water partition coefficient (Wildman–Crippen LogP) is 3.81. The lowest BCUT2D eigenvalue weighted by Crippen LogP contribution is -2.39. The molecule has 2 aromatic carbocycles. The van der Waals surface area contributed by atoms with Crippen molar-refractivity contribution in [3.05, 3.63) is 56.5 Å². The van der Waals surface area contributed by atoms with E-state index in [-0.39, 0.29) is 24.6 Å². The Bertz CT molecular complexity index is 1100. The Hall–Kier alpha value is -2.03. The lowest BCUT2D eigenvalue weighted by molar-refractivity contribution is -0.115. The average Bonchev–Trinajstić information content (AvgIpc) is 3.42. The number of amides is 3. The second kappa shape index (κ2) is 8.39. The van der Waals surface area contributed by atoms with Gasteiger partial charge in [0.05, 0.1) is 29.4 Å². The van der Waals surface area contributed by atoms with Crippen LogP contribution in [0.1, 0.15) is 23.7 Å². The van der Waals surface area contributed by atoms with E-state index in [2.05, 4.69) is 10.2 Å². The number of nitrogens with zero attached hydrogens (tertiary/aromatic N) is 2. The standard InChI is InChI=1S/C22H20Cl3N3O4/c23-11-5-15-14(17(25)6-11)8-18(27-4-3-13(29)10-27)21(15)32-19-7-12(1-2-16(19)24)28-20(30)9-26-22(28)31/h1-2,5-7,13,18,21,29H,3-4,8-10H2,(H,26,31)/t13?,18-,21-/m0/s1. The van der Waals surface area contributed by atoms with Crippen molar-refractivity contribution in [1.82, 2.24) is 10.2 Å². The number of imide groups is 1. The van der Waals surface area contributed by atoms with Crippen LogP contribution in [0.4, 0.5) is 10.5 Å². The van der Waals surface area contributed by atoms with E-state index in [4.69, 9.17) is 39.5 Å². The molecule has 2 aliphatic heterocycles. The number of urea groups is 1. The fourth-order valence-corrected chi connectivity index (χ4v) is 5.44. The van der Waals surface area contributed by atoms with E-state index in [0.717, 1.165) is 22.6 Å². The van der Waals surface area contributed by atoms with E-state index in [1.807, 2.05) is 6.07 Å². The number of fused-ring (bicyclic) bond motifs is 1. The topological polar surface area (TPSA) is 82.1 Å². The summed E-state index contributed by atoms with van der Waals surface area (Å²) in [6, 6.07) is 7.78. The highest BCUT2D eigenvalue weighted by atomic mass is 35.5. The number of carbonyl (C=O) groups is 2. The Kier molecular flexibility index (Phi) is 5.72. The number of hydrogen-bond donors (Lipinski definition) is 2. The summed E-state index contributed by atoms with van der Waals surface area (Å²) in [4.78, 5) is 27.5. The normalized spacial score (nSPS) is 25.4. The number of benzene rings is 2. The second-order valence-corrected chi connectivity index (χ2v) is 9.46. The molecule has 1 unspecified atom stereocenters. The number of carbonyl (C=O) groups excluding carboxylic acids is 2. The van der Waals surface area contributed by atoms with Crippen LogP contribution in [-0.4, -0.2) is 53.7 Å². The summed E-state index contributed by atoms with van der Waals surface area (Å²) in [5.41, 5.74) is 2.19. The van der Waals surface area contributed by atoms with Crippen LogP contribution in [0, 0.1) is 0 Å². The molecule has 0 aromatic heterocycles. The zero-order valence-electron chi connectivity index (χ0n) is 16.9. The van der Waals surface area contributed by atoms with E-state index in [1.54, 1.807) is 24.3 Å². The minimum absolute atomic E-state index is 0.0516. The SMILES string of the molecule is O=C1CNC(=O)N1c1ccc(Cl)c(O[C@H]2c3cc(Cl)cc(Cl)c3C[C@@H]2N2CCC(O)C2)c1. The van der Waals surface area contributed by atoms with E-state index in [0.29, 0.717) is 45.9 Å². The van der Waals surface area contributed by atoms with Crippen LogP contribution in [-0.2, 0) is 11.2 Å². The van der Waals surface area contributed by atoms with Crippen LogP contribution in [0.5, 0.6) is 5.75 Å². The van der Waals surface area contributed by atoms with Crippen molar-refractivity contribution in [1.29, 1.82) is 0 Å². The number of aliphatic hydroxyl groups is 1. The monoisotopic (exact) mass is 495 g/mol. The van der Waals surface area contributed by atoms with Crippen molar-refractivity contribution in [2.24, 2.45) is 0 Å². The first kappa shape index (κ1) is 21.8. The number of anilines is 1. The molecular formula is C22H20Cl3N3O4. The van der Waals surface area contributed by atoms with Gasteiger partial charge in [0, 0.05) is 34.8 Å². The van der Waals surface area contributed by atoms with Gasteiger partial charge in [-0.3, -0.25) is 9.69 Å². The highest BCUT2D eigenvalue weighted by Gasteiger charge is 2.42. The first-order chi connectivity index (χ1) is 15.3. The zero-order chi connectivity index (χ0) is 22.6. The minimum Gasteiger partial charge on any atom is -0.482 e. The van der Waals surface area contributed by atoms with E-state index in [1.165, 1.54) is 0 Å². The van der Waals surface area contributed by atoms with Gasteiger partial charge in [0.15, 0.2) is 0 Å². The number of likely N-dealkylation sites (tertiary alicyclic amines) is 1. The molecule has 2 aromatic rings. The van der Waals surface area contributed by atoms with Gasteiger partial charge in [-0.05, 0) is 42.7 Å². The fourth-order valence-electron chi connectivity index (χ4n) is 4.69. The van der Waals surface area contributed by atoms with Gasteiger partial charge >= 0.3 is 6.03 Å². The molecule has 1 aliphatic carbocycles. The van der Waals surface area contributed by atoms with Gasteiger partial charge in [-0.2, -0.15) is 0 Å². The number of ether oxygens (including phenoxy) is 1. The van der Waals surface area contributed by atoms with Crippen molar-refractivity contribution in [2.45, 2.75) is 31.1 Å². The Morgan fingerprint density at radius 1 is 1.09 bits per heavy atom. The van der Waals surface area contributed by atoms with Crippen LogP contribution in [0.25, 0.3) is 0 Å². The van der Waals surface area contributed by atoms with Gasteiger partial charge in [-0.15, -0.1) is 0 Å². The van der Waals surface area contributed by atoms with Crippen LogP contribution in [0.3, 0.4) is 0 Å². The molecule has 3 aliphatic rings. The lowest BCUT2D eigenvalue weighted by Gasteiger charge is -2.30. The van der Waals surface area contributed by atoms with Crippen LogP contribution in [0.15, 0.2) is 30.3 Å². The molecule has 2 heterocycles. The molecule has 3 atom stereocenters. The number of nitrogens with one attached hydrogen (secondary N) is 1. The minimum atomic E-state index is -0.489. The molecule has 2 N–H and O–H groups in total. The Balaban J connectivity index is 1.52.